The summed E-state index contributed by atoms with van der Waals surface area (Å²) in [6.07, 6.45) is 1.58. The SMILES string of the molecule is CC1(C(=O)c2cccc(F)c2F)CCCNC1. The second-order valence-corrected chi connectivity index (χ2v) is 4.77. The summed E-state index contributed by atoms with van der Waals surface area (Å²) in [5.41, 5.74) is -0.774. The second kappa shape index (κ2) is 4.53. The Bertz CT molecular complexity index is 439. The minimum atomic E-state index is -1.04. The third-order valence-corrected chi connectivity index (χ3v) is 3.34. The number of halogens is 2. The molecule has 1 atom stereocenters. The molecular weight excluding hydrogens is 224 g/mol. The zero-order valence-corrected chi connectivity index (χ0v) is 9.72. The average Bonchev–Trinajstić information content (AvgIpc) is 2.33. The van der Waals surface area contributed by atoms with Gasteiger partial charge < -0.3 is 5.32 Å². The Morgan fingerprint density at radius 2 is 2.18 bits per heavy atom. The number of hydrogen-bond acceptors (Lipinski definition) is 2. The predicted octanol–water partition coefficient (Wildman–Crippen LogP) is 2.54. The van der Waals surface area contributed by atoms with E-state index in [2.05, 4.69) is 5.32 Å². The molecule has 1 aromatic carbocycles. The molecule has 1 aliphatic rings. The van der Waals surface area contributed by atoms with E-state index in [9.17, 15) is 13.6 Å². The number of rotatable bonds is 2. The van der Waals surface area contributed by atoms with Crippen LogP contribution in [0, 0.1) is 17.0 Å². The van der Waals surface area contributed by atoms with Crippen molar-refractivity contribution in [3.8, 4) is 0 Å². The van der Waals surface area contributed by atoms with Crippen molar-refractivity contribution < 1.29 is 13.6 Å². The molecule has 1 unspecified atom stereocenters. The number of hydrogen-bond donors (Lipinski definition) is 1. The normalized spacial score (nSPS) is 24.6. The molecule has 0 amide bonds. The topological polar surface area (TPSA) is 29.1 Å². The summed E-state index contributed by atoms with van der Waals surface area (Å²) in [6.45, 7) is 3.18. The van der Waals surface area contributed by atoms with Gasteiger partial charge in [0.15, 0.2) is 17.4 Å². The van der Waals surface area contributed by atoms with Crippen LogP contribution in [0.25, 0.3) is 0 Å². The maximum absolute atomic E-state index is 13.6. The van der Waals surface area contributed by atoms with Crippen LogP contribution in [0.5, 0.6) is 0 Å². The molecule has 0 aliphatic carbocycles. The maximum atomic E-state index is 13.6. The minimum Gasteiger partial charge on any atom is -0.316 e. The van der Waals surface area contributed by atoms with E-state index in [1.807, 2.05) is 0 Å². The van der Waals surface area contributed by atoms with Crippen LogP contribution in [0.4, 0.5) is 8.78 Å². The fourth-order valence-corrected chi connectivity index (χ4v) is 2.25. The Balaban J connectivity index is 2.33. The van der Waals surface area contributed by atoms with Crippen molar-refractivity contribution in [2.24, 2.45) is 5.41 Å². The number of ketones is 1. The van der Waals surface area contributed by atoms with Crippen molar-refractivity contribution in [3.63, 3.8) is 0 Å². The largest absolute Gasteiger partial charge is 0.316 e. The van der Waals surface area contributed by atoms with E-state index in [0.29, 0.717) is 13.0 Å². The molecule has 1 saturated heterocycles. The van der Waals surface area contributed by atoms with Gasteiger partial charge >= 0.3 is 0 Å². The molecule has 1 aliphatic heterocycles. The van der Waals surface area contributed by atoms with Crippen LogP contribution in [0.3, 0.4) is 0 Å². The van der Waals surface area contributed by atoms with Gasteiger partial charge in [-0.3, -0.25) is 4.79 Å². The molecule has 92 valence electrons. The van der Waals surface area contributed by atoms with Crippen LogP contribution in [-0.4, -0.2) is 18.9 Å². The van der Waals surface area contributed by atoms with Gasteiger partial charge in [-0.05, 0) is 31.5 Å². The van der Waals surface area contributed by atoms with Crippen molar-refractivity contribution in [1.82, 2.24) is 5.32 Å². The molecule has 17 heavy (non-hydrogen) atoms. The van der Waals surface area contributed by atoms with Crippen LogP contribution in [0.2, 0.25) is 0 Å². The van der Waals surface area contributed by atoms with Gasteiger partial charge in [-0.2, -0.15) is 0 Å². The van der Waals surface area contributed by atoms with Crippen LogP contribution < -0.4 is 5.32 Å². The Hall–Kier alpha value is -1.29. The molecule has 0 bridgehead atoms. The number of piperidine rings is 1. The highest BCUT2D eigenvalue weighted by Gasteiger charge is 2.36. The lowest BCUT2D eigenvalue weighted by Crippen LogP contribution is -2.43. The van der Waals surface area contributed by atoms with Crippen LogP contribution in [-0.2, 0) is 0 Å². The first-order valence-corrected chi connectivity index (χ1v) is 5.74. The van der Waals surface area contributed by atoms with Crippen molar-refractivity contribution in [3.05, 3.63) is 35.4 Å². The van der Waals surface area contributed by atoms with Gasteiger partial charge in [0.05, 0.1) is 5.56 Å². The summed E-state index contributed by atoms with van der Waals surface area (Å²) in [4.78, 5) is 12.2. The molecular formula is C13H15F2NO. The highest BCUT2D eigenvalue weighted by molar-refractivity contribution is 6.00. The summed E-state index contributed by atoms with van der Waals surface area (Å²) in [6, 6.07) is 3.74. The van der Waals surface area contributed by atoms with E-state index < -0.39 is 17.0 Å². The maximum Gasteiger partial charge on any atom is 0.173 e. The average molecular weight is 239 g/mol. The number of nitrogens with one attached hydrogen (secondary N) is 1. The van der Waals surface area contributed by atoms with E-state index in [-0.39, 0.29) is 11.3 Å². The lowest BCUT2D eigenvalue weighted by Gasteiger charge is -2.32. The van der Waals surface area contributed by atoms with Gasteiger partial charge in [0.1, 0.15) is 0 Å². The highest BCUT2D eigenvalue weighted by atomic mass is 19.2. The van der Waals surface area contributed by atoms with Gasteiger partial charge in [0.2, 0.25) is 0 Å². The molecule has 1 heterocycles. The zero-order valence-electron chi connectivity index (χ0n) is 9.72. The minimum absolute atomic E-state index is 0.142. The molecule has 0 radical (unpaired) electrons. The first-order chi connectivity index (χ1) is 8.04. The fraction of sp³-hybridized carbons (Fsp3) is 0.462. The third-order valence-electron chi connectivity index (χ3n) is 3.34. The Morgan fingerprint density at radius 1 is 1.41 bits per heavy atom. The highest BCUT2D eigenvalue weighted by Crippen LogP contribution is 2.31. The standard InChI is InChI=1S/C13H15F2NO/c1-13(6-3-7-16-8-13)12(17)9-4-2-5-10(14)11(9)15/h2,4-5,16H,3,6-8H2,1H3. The van der Waals surface area contributed by atoms with Gasteiger partial charge in [-0.1, -0.05) is 13.0 Å². The molecule has 2 rings (SSSR count). The number of carbonyl (C=O) groups is 1. The molecule has 4 heteroatoms. The Labute approximate surface area is 99.0 Å². The van der Waals surface area contributed by atoms with Gasteiger partial charge in [0, 0.05) is 12.0 Å². The number of benzene rings is 1. The van der Waals surface area contributed by atoms with Gasteiger partial charge in [0.25, 0.3) is 0 Å². The summed E-state index contributed by atoms with van der Waals surface area (Å²) >= 11 is 0. The monoisotopic (exact) mass is 239 g/mol. The molecule has 1 N–H and O–H groups in total. The summed E-state index contributed by atoms with van der Waals surface area (Å²) in [5, 5.41) is 3.12. The van der Waals surface area contributed by atoms with Crippen molar-refractivity contribution >= 4 is 5.78 Å². The first kappa shape index (κ1) is 12.2. The summed E-state index contributed by atoms with van der Waals surface area (Å²) in [7, 11) is 0. The zero-order chi connectivity index (χ0) is 12.5. The summed E-state index contributed by atoms with van der Waals surface area (Å²) in [5.74, 6) is -2.32. The Morgan fingerprint density at radius 3 is 2.82 bits per heavy atom. The molecule has 0 aromatic heterocycles. The lowest BCUT2D eigenvalue weighted by molar-refractivity contribution is 0.0767. The summed E-state index contributed by atoms with van der Waals surface area (Å²) < 4.78 is 26.6. The molecule has 2 nitrogen and oxygen atoms in total. The Kier molecular flexibility index (Phi) is 3.24. The van der Waals surface area contributed by atoms with Crippen molar-refractivity contribution in [1.29, 1.82) is 0 Å². The molecule has 1 aromatic rings. The van der Waals surface area contributed by atoms with E-state index in [1.54, 1.807) is 6.92 Å². The van der Waals surface area contributed by atoms with E-state index in [1.165, 1.54) is 12.1 Å². The molecule has 0 saturated carbocycles. The number of Topliss-reactive ketones (excluding diaryl/α,β-unsaturated/α-hetero) is 1. The molecule has 1 fully saturated rings. The second-order valence-electron chi connectivity index (χ2n) is 4.77. The molecule has 0 spiro atoms. The van der Waals surface area contributed by atoms with E-state index in [0.717, 1.165) is 19.0 Å². The predicted molar refractivity (Wildman–Crippen MR) is 60.9 cm³/mol. The van der Waals surface area contributed by atoms with Crippen LogP contribution >= 0.6 is 0 Å². The van der Waals surface area contributed by atoms with Crippen LogP contribution in [0.1, 0.15) is 30.1 Å². The first-order valence-electron chi connectivity index (χ1n) is 5.74. The smallest absolute Gasteiger partial charge is 0.173 e. The van der Waals surface area contributed by atoms with Crippen molar-refractivity contribution in [2.75, 3.05) is 13.1 Å². The number of carbonyl (C=O) groups excluding carboxylic acids is 1. The lowest BCUT2D eigenvalue weighted by atomic mass is 9.76. The van der Waals surface area contributed by atoms with E-state index >= 15 is 0 Å². The quantitative estimate of drug-likeness (QED) is 0.803. The van der Waals surface area contributed by atoms with Gasteiger partial charge in [-0.25, -0.2) is 8.78 Å². The van der Waals surface area contributed by atoms with Crippen molar-refractivity contribution in [2.45, 2.75) is 19.8 Å². The van der Waals surface area contributed by atoms with Gasteiger partial charge in [-0.15, -0.1) is 0 Å². The van der Waals surface area contributed by atoms with E-state index in [4.69, 9.17) is 0 Å². The fourth-order valence-electron chi connectivity index (χ4n) is 2.25. The van der Waals surface area contributed by atoms with Crippen LogP contribution in [0.15, 0.2) is 18.2 Å². The third kappa shape index (κ3) is 2.22.